The van der Waals surface area contributed by atoms with Crippen LogP contribution < -0.4 is 0 Å². The van der Waals surface area contributed by atoms with Gasteiger partial charge in [0.1, 0.15) is 5.69 Å². The van der Waals surface area contributed by atoms with Crippen molar-refractivity contribution in [3.8, 4) is 0 Å². The Balaban J connectivity index is 3.22. The van der Waals surface area contributed by atoms with Gasteiger partial charge in [0.15, 0.2) is 5.78 Å². The lowest BCUT2D eigenvalue weighted by molar-refractivity contribution is 0.0978. The summed E-state index contributed by atoms with van der Waals surface area (Å²) in [5.74, 6) is 0.163. The van der Waals surface area contributed by atoms with Gasteiger partial charge in [-0.25, -0.2) is 0 Å². The molecule has 0 aliphatic carbocycles. The van der Waals surface area contributed by atoms with Crippen molar-refractivity contribution in [3.63, 3.8) is 0 Å². The van der Waals surface area contributed by atoms with E-state index in [1.54, 1.807) is 4.68 Å². The summed E-state index contributed by atoms with van der Waals surface area (Å²) in [5.41, 5.74) is 2.69. The smallest absolute Gasteiger partial charge is 0.180 e. The maximum atomic E-state index is 11.4. The van der Waals surface area contributed by atoms with Crippen LogP contribution in [0.15, 0.2) is 0 Å². The number of nitrogens with zero attached hydrogens (tertiary/aromatic N) is 2. The van der Waals surface area contributed by atoms with Crippen LogP contribution in [-0.4, -0.2) is 15.6 Å². The molecule has 1 heterocycles. The maximum Gasteiger partial charge on any atom is 0.180 e. The van der Waals surface area contributed by atoms with Gasteiger partial charge in [-0.05, 0) is 13.8 Å². The second-order valence-corrected chi connectivity index (χ2v) is 2.96. The summed E-state index contributed by atoms with van der Waals surface area (Å²) < 4.78 is 1.66. The Hall–Kier alpha value is -1.12. The molecule has 0 aromatic carbocycles. The first-order valence-corrected chi connectivity index (χ1v) is 4.11. The molecule has 0 unspecified atom stereocenters. The van der Waals surface area contributed by atoms with Gasteiger partial charge in [0, 0.05) is 19.0 Å². The average Bonchev–Trinajstić information content (AvgIpc) is 2.26. The third kappa shape index (κ3) is 1.26. The highest BCUT2D eigenvalue weighted by molar-refractivity contribution is 5.95. The summed E-state index contributed by atoms with van der Waals surface area (Å²) in [7, 11) is 1.81. The number of hydrogen-bond acceptors (Lipinski definition) is 2. The van der Waals surface area contributed by atoms with Gasteiger partial charge < -0.3 is 0 Å². The zero-order chi connectivity index (χ0) is 9.30. The van der Waals surface area contributed by atoms with Crippen LogP contribution >= 0.6 is 0 Å². The Labute approximate surface area is 72.4 Å². The Morgan fingerprint density at radius 2 is 2.08 bits per heavy atom. The van der Waals surface area contributed by atoms with E-state index in [9.17, 15) is 4.79 Å². The van der Waals surface area contributed by atoms with Gasteiger partial charge in [0.2, 0.25) is 0 Å². The highest BCUT2D eigenvalue weighted by Gasteiger charge is 2.14. The van der Waals surface area contributed by atoms with Crippen LogP contribution in [0.25, 0.3) is 0 Å². The highest BCUT2D eigenvalue weighted by Crippen LogP contribution is 2.12. The minimum Gasteiger partial charge on any atom is -0.292 e. The molecule has 0 aliphatic heterocycles. The molecule has 1 rings (SSSR count). The Morgan fingerprint density at radius 1 is 1.50 bits per heavy atom. The summed E-state index contributed by atoms with van der Waals surface area (Å²) in [5, 5.41) is 4.18. The molecule has 3 nitrogen and oxygen atoms in total. The molecule has 3 heteroatoms. The van der Waals surface area contributed by atoms with Crippen molar-refractivity contribution >= 4 is 5.78 Å². The molecule has 0 spiro atoms. The number of carbonyl (C=O) groups excluding carboxylic acids is 1. The number of carbonyl (C=O) groups is 1. The molecule has 0 radical (unpaired) electrons. The molecule has 0 saturated carbocycles. The van der Waals surface area contributed by atoms with Gasteiger partial charge in [-0.1, -0.05) is 6.92 Å². The highest BCUT2D eigenvalue weighted by atomic mass is 16.1. The second-order valence-electron chi connectivity index (χ2n) is 2.96. The van der Waals surface area contributed by atoms with Crippen molar-refractivity contribution < 1.29 is 4.79 Å². The fraction of sp³-hybridized carbons (Fsp3) is 0.556. The van der Waals surface area contributed by atoms with Gasteiger partial charge in [0.25, 0.3) is 0 Å². The molecular formula is C9H14N2O. The fourth-order valence-electron chi connectivity index (χ4n) is 1.32. The van der Waals surface area contributed by atoms with E-state index in [0.29, 0.717) is 6.42 Å². The number of Topliss-reactive ketones (excluding diaryl/α,β-unsaturated/α-hetero) is 1. The molecule has 12 heavy (non-hydrogen) atoms. The standard InChI is InChI=1S/C9H14N2O/c1-5-8(12)9-6(2)7(3)10-11(9)4/h5H2,1-4H3. The van der Waals surface area contributed by atoms with E-state index in [0.717, 1.165) is 17.0 Å². The van der Waals surface area contributed by atoms with E-state index in [2.05, 4.69) is 5.10 Å². The number of hydrogen-bond donors (Lipinski definition) is 0. The van der Waals surface area contributed by atoms with Gasteiger partial charge >= 0.3 is 0 Å². The Kier molecular flexibility index (Phi) is 2.31. The summed E-state index contributed by atoms with van der Waals surface area (Å²) in [4.78, 5) is 11.4. The van der Waals surface area contributed by atoms with Crippen molar-refractivity contribution in [3.05, 3.63) is 17.0 Å². The van der Waals surface area contributed by atoms with Crippen molar-refractivity contribution in [1.82, 2.24) is 9.78 Å². The summed E-state index contributed by atoms with van der Waals surface area (Å²) in [6.07, 6.45) is 0.541. The van der Waals surface area contributed by atoms with Gasteiger partial charge in [-0.3, -0.25) is 9.48 Å². The molecule has 0 fully saturated rings. The molecule has 0 saturated heterocycles. The van der Waals surface area contributed by atoms with Crippen molar-refractivity contribution in [2.75, 3.05) is 0 Å². The molecule has 0 bridgehead atoms. The molecule has 0 aliphatic rings. The van der Waals surface area contributed by atoms with Crippen molar-refractivity contribution in [1.29, 1.82) is 0 Å². The molecule has 0 atom stereocenters. The Bertz CT molecular complexity index is 313. The first-order chi connectivity index (χ1) is 5.57. The van der Waals surface area contributed by atoms with Crippen LogP contribution in [0.2, 0.25) is 0 Å². The number of rotatable bonds is 2. The number of aromatic nitrogens is 2. The topological polar surface area (TPSA) is 34.9 Å². The van der Waals surface area contributed by atoms with Crippen LogP contribution in [0.1, 0.15) is 35.1 Å². The monoisotopic (exact) mass is 166 g/mol. The van der Waals surface area contributed by atoms with Gasteiger partial charge in [-0.2, -0.15) is 5.10 Å². The summed E-state index contributed by atoms with van der Waals surface area (Å²) in [6.45, 7) is 5.72. The van der Waals surface area contributed by atoms with Crippen LogP contribution in [0, 0.1) is 13.8 Å². The first-order valence-electron chi connectivity index (χ1n) is 4.11. The zero-order valence-corrected chi connectivity index (χ0v) is 8.01. The quantitative estimate of drug-likeness (QED) is 0.626. The van der Waals surface area contributed by atoms with Crippen LogP contribution in [0.4, 0.5) is 0 Å². The van der Waals surface area contributed by atoms with Crippen molar-refractivity contribution in [2.24, 2.45) is 7.05 Å². The second kappa shape index (κ2) is 3.09. The van der Waals surface area contributed by atoms with E-state index in [4.69, 9.17) is 0 Å². The minimum atomic E-state index is 0.163. The maximum absolute atomic E-state index is 11.4. The lowest BCUT2D eigenvalue weighted by Crippen LogP contribution is -2.06. The zero-order valence-electron chi connectivity index (χ0n) is 8.01. The van der Waals surface area contributed by atoms with E-state index < -0.39 is 0 Å². The molecule has 0 amide bonds. The SMILES string of the molecule is CCC(=O)c1c(C)c(C)nn1C. The minimum absolute atomic E-state index is 0.163. The fourth-order valence-corrected chi connectivity index (χ4v) is 1.32. The molecule has 66 valence electrons. The van der Waals surface area contributed by atoms with Crippen LogP contribution in [-0.2, 0) is 7.05 Å². The van der Waals surface area contributed by atoms with Crippen LogP contribution in [0.5, 0.6) is 0 Å². The largest absolute Gasteiger partial charge is 0.292 e. The third-order valence-electron chi connectivity index (χ3n) is 2.11. The lowest BCUT2D eigenvalue weighted by atomic mass is 10.1. The lowest BCUT2D eigenvalue weighted by Gasteiger charge is -1.98. The summed E-state index contributed by atoms with van der Waals surface area (Å²) in [6, 6.07) is 0. The predicted molar refractivity (Wildman–Crippen MR) is 47.3 cm³/mol. The van der Waals surface area contributed by atoms with E-state index in [1.165, 1.54) is 0 Å². The molecule has 0 N–H and O–H groups in total. The number of aryl methyl sites for hydroxylation is 2. The predicted octanol–water partition coefficient (Wildman–Crippen LogP) is 1.63. The number of ketones is 1. The van der Waals surface area contributed by atoms with E-state index in [1.807, 2.05) is 27.8 Å². The normalized spacial score (nSPS) is 10.3. The molecule has 1 aromatic heterocycles. The van der Waals surface area contributed by atoms with Crippen molar-refractivity contribution in [2.45, 2.75) is 27.2 Å². The van der Waals surface area contributed by atoms with Gasteiger partial charge in [0.05, 0.1) is 5.69 Å². The van der Waals surface area contributed by atoms with Gasteiger partial charge in [-0.15, -0.1) is 0 Å². The summed E-state index contributed by atoms with van der Waals surface area (Å²) >= 11 is 0. The Morgan fingerprint density at radius 3 is 2.42 bits per heavy atom. The first kappa shape index (κ1) is 8.97. The van der Waals surface area contributed by atoms with E-state index in [-0.39, 0.29) is 5.78 Å². The molecule has 1 aromatic rings. The van der Waals surface area contributed by atoms with E-state index >= 15 is 0 Å². The molecular weight excluding hydrogens is 152 g/mol. The average molecular weight is 166 g/mol. The third-order valence-corrected chi connectivity index (χ3v) is 2.11. The van der Waals surface area contributed by atoms with Crippen LogP contribution in [0.3, 0.4) is 0 Å².